The maximum Gasteiger partial charge on any atom is 0.264 e. The van der Waals surface area contributed by atoms with Crippen molar-refractivity contribution in [3.8, 4) is 0 Å². The molecule has 0 aromatic carbocycles. The van der Waals surface area contributed by atoms with Crippen LogP contribution in [0.5, 0.6) is 0 Å². The summed E-state index contributed by atoms with van der Waals surface area (Å²) >= 11 is 3.19. The van der Waals surface area contributed by atoms with Crippen molar-refractivity contribution in [2.75, 3.05) is 6.54 Å². The van der Waals surface area contributed by atoms with Crippen molar-refractivity contribution in [1.29, 1.82) is 0 Å². The molecule has 1 amide bonds. The number of aromatic nitrogens is 2. The summed E-state index contributed by atoms with van der Waals surface area (Å²) in [5.74, 6) is 0.960. The normalized spacial score (nSPS) is 22.8. The molecule has 3 aromatic heterocycles. The molecule has 3 aromatic rings. The number of nitrogens with zero attached hydrogens (tertiary/aromatic N) is 3. The van der Waals surface area contributed by atoms with Crippen molar-refractivity contribution in [3.05, 3.63) is 22.5 Å². The lowest BCUT2D eigenvalue weighted by Crippen LogP contribution is -2.39. The predicted molar refractivity (Wildman–Crippen MR) is 94.5 cm³/mol. The van der Waals surface area contributed by atoms with Crippen molar-refractivity contribution in [2.24, 2.45) is 5.92 Å². The fourth-order valence-electron chi connectivity index (χ4n) is 4.37. The Morgan fingerprint density at radius 2 is 2.09 bits per heavy atom. The maximum atomic E-state index is 13.1. The topological polar surface area (TPSA) is 37.6 Å². The summed E-state index contributed by atoms with van der Waals surface area (Å²) in [6, 6.07) is 2.52. The first-order valence-electron chi connectivity index (χ1n) is 8.47. The van der Waals surface area contributed by atoms with Crippen LogP contribution >= 0.6 is 22.7 Å². The number of hydrogen-bond donors (Lipinski definition) is 0. The lowest BCUT2D eigenvalue weighted by Gasteiger charge is -2.29. The molecule has 5 rings (SSSR count). The number of carbonyl (C=O) groups excluding carboxylic acids is 1. The van der Waals surface area contributed by atoms with E-state index < -0.39 is 0 Å². The molecule has 1 aliphatic carbocycles. The van der Waals surface area contributed by atoms with E-state index in [4.69, 9.17) is 0 Å². The first-order valence-corrected chi connectivity index (χ1v) is 10.2. The Labute approximate surface area is 142 Å². The highest BCUT2D eigenvalue weighted by Crippen LogP contribution is 2.37. The van der Waals surface area contributed by atoms with Gasteiger partial charge in [-0.05, 0) is 37.7 Å². The number of imidazole rings is 1. The maximum absolute atomic E-state index is 13.1. The van der Waals surface area contributed by atoms with Gasteiger partial charge in [-0.1, -0.05) is 12.8 Å². The molecule has 4 nitrogen and oxygen atoms in total. The van der Waals surface area contributed by atoms with Gasteiger partial charge >= 0.3 is 0 Å². The van der Waals surface area contributed by atoms with E-state index in [2.05, 4.69) is 14.3 Å². The van der Waals surface area contributed by atoms with Gasteiger partial charge in [0.15, 0.2) is 4.96 Å². The van der Waals surface area contributed by atoms with E-state index in [1.54, 1.807) is 22.7 Å². The van der Waals surface area contributed by atoms with Gasteiger partial charge in [-0.15, -0.1) is 22.7 Å². The Morgan fingerprint density at radius 1 is 1.22 bits per heavy atom. The van der Waals surface area contributed by atoms with E-state index in [9.17, 15) is 4.79 Å². The van der Waals surface area contributed by atoms with E-state index >= 15 is 0 Å². The van der Waals surface area contributed by atoms with Crippen LogP contribution in [0.2, 0.25) is 0 Å². The molecule has 1 saturated carbocycles. The minimum absolute atomic E-state index is 0.228. The predicted octanol–water partition coefficient (Wildman–Crippen LogP) is 4.41. The monoisotopic (exact) mass is 345 g/mol. The molecule has 120 valence electrons. The summed E-state index contributed by atoms with van der Waals surface area (Å²) in [6.07, 6.45) is 9.67. The molecule has 0 spiro atoms. The molecule has 2 aliphatic rings. The molecule has 2 fully saturated rings. The lowest BCUT2D eigenvalue weighted by molar-refractivity contribution is 0.0694. The van der Waals surface area contributed by atoms with Crippen molar-refractivity contribution < 1.29 is 4.79 Å². The summed E-state index contributed by atoms with van der Waals surface area (Å²) in [7, 11) is 0. The van der Waals surface area contributed by atoms with Crippen LogP contribution in [0.15, 0.2) is 17.6 Å². The van der Waals surface area contributed by atoms with Gasteiger partial charge in [0.2, 0.25) is 0 Å². The highest BCUT2D eigenvalue weighted by Gasteiger charge is 2.36. The van der Waals surface area contributed by atoms with Crippen LogP contribution in [0.3, 0.4) is 0 Å². The Morgan fingerprint density at radius 3 is 2.96 bits per heavy atom. The van der Waals surface area contributed by atoms with Gasteiger partial charge in [-0.2, -0.15) is 0 Å². The van der Waals surface area contributed by atoms with E-state index in [-0.39, 0.29) is 5.91 Å². The molecule has 1 aliphatic heterocycles. The van der Waals surface area contributed by atoms with Gasteiger partial charge < -0.3 is 4.90 Å². The van der Waals surface area contributed by atoms with Gasteiger partial charge in [-0.3, -0.25) is 9.20 Å². The first kappa shape index (κ1) is 14.0. The van der Waals surface area contributed by atoms with Gasteiger partial charge in [0, 0.05) is 24.2 Å². The van der Waals surface area contributed by atoms with Crippen molar-refractivity contribution in [1.82, 2.24) is 14.3 Å². The Kier molecular flexibility index (Phi) is 3.23. The third-order valence-corrected chi connectivity index (χ3v) is 7.22. The average Bonchev–Trinajstić information content (AvgIpc) is 3.29. The van der Waals surface area contributed by atoms with Crippen LogP contribution in [0.1, 0.15) is 48.2 Å². The Hall–Kier alpha value is -1.40. The summed E-state index contributed by atoms with van der Waals surface area (Å²) in [5, 5.41) is 2.04. The van der Waals surface area contributed by atoms with Crippen molar-refractivity contribution in [3.63, 3.8) is 0 Å². The summed E-state index contributed by atoms with van der Waals surface area (Å²) in [4.78, 5) is 22.7. The molecule has 0 radical (unpaired) electrons. The largest absolute Gasteiger partial charge is 0.335 e. The van der Waals surface area contributed by atoms with Crippen LogP contribution in [-0.4, -0.2) is 32.8 Å². The zero-order chi connectivity index (χ0) is 15.4. The summed E-state index contributed by atoms with van der Waals surface area (Å²) in [5.41, 5.74) is 1.08. The fraction of sp³-hybridized carbons (Fsp3) is 0.529. The lowest BCUT2D eigenvalue weighted by atomic mass is 9.96. The number of rotatable bonds is 2. The van der Waals surface area contributed by atoms with E-state index in [1.807, 2.05) is 17.6 Å². The summed E-state index contributed by atoms with van der Waals surface area (Å²) < 4.78 is 2.09. The summed E-state index contributed by atoms with van der Waals surface area (Å²) in [6.45, 7) is 0.927. The van der Waals surface area contributed by atoms with Crippen molar-refractivity contribution >= 4 is 43.9 Å². The third-order valence-electron chi connectivity index (χ3n) is 5.45. The van der Waals surface area contributed by atoms with Crippen LogP contribution in [0.4, 0.5) is 0 Å². The van der Waals surface area contributed by atoms with Gasteiger partial charge in [0.05, 0.1) is 10.4 Å². The minimum Gasteiger partial charge on any atom is -0.335 e. The molecule has 1 atom stereocenters. The first-order chi connectivity index (χ1) is 11.3. The number of thiophene rings is 1. The number of thiazole rings is 1. The average molecular weight is 345 g/mol. The van der Waals surface area contributed by atoms with E-state index in [0.717, 1.165) is 39.1 Å². The zero-order valence-corrected chi connectivity index (χ0v) is 14.5. The number of amides is 1. The smallest absolute Gasteiger partial charge is 0.264 e. The molecule has 4 heterocycles. The van der Waals surface area contributed by atoms with Crippen molar-refractivity contribution in [2.45, 2.75) is 44.6 Å². The standard InChI is InChI=1S/C17H19N3OS2/c21-16(19-7-3-6-12(19)11-4-1-2-5-11)14-10-13-15(23-14)18-17-20(13)8-9-22-17/h8-12H,1-7H2. The van der Waals surface area contributed by atoms with Crippen LogP contribution in [-0.2, 0) is 0 Å². The number of fused-ring (bicyclic) bond motifs is 3. The molecule has 0 N–H and O–H groups in total. The molecule has 0 bridgehead atoms. The van der Waals surface area contributed by atoms with Gasteiger partial charge in [0.25, 0.3) is 5.91 Å². The quantitative estimate of drug-likeness (QED) is 0.690. The Bertz CT molecular complexity index is 871. The molecule has 6 heteroatoms. The second-order valence-corrected chi connectivity index (χ2v) is 8.62. The minimum atomic E-state index is 0.228. The van der Waals surface area contributed by atoms with E-state index in [0.29, 0.717) is 6.04 Å². The van der Waals surface area contributed by atoms with Crippen LogP contribution < -0.4 is 0 Å². The SMILES string of the molecule is O=C(c1cc2c(nc3sccn32)s1)N1CCCC1C1CCCC1. The highest BCUT2D eigenvalue weighted by molar-refractivity contribution is 7.21. The van der Waals surface area contributed by atoms with Gasteiger partial charge in [-0.25, -0.2) is 4.98 Å². The molecular weight excluding hydrogens is 326 g/mol. The molecule has 1 unspecified atom stereocenters. The number of carbonyl (C=O) groups is 1. The van der Waals surface area contributed by atoms with Crippen LogP contribution in [0, 0.1) is 5.92 Å². The Balaban J connectivity index is 1.47. The zero-order valence-electron chi connectivity index (χ0n) is 12.9. The fourth-order valence-corrected chi connectivity index (χ4v) is 6.13. The van der Waals surface area contributed by atoms with Gasteiger partial charge in [0.1, 0.15) is 4.83 Å². The molecule has 1 saturated heterocycles. The second-order valence-electron chi connectivity index (χ2n) is 6.72. The molecular formula is C17H19N3OS2. The second kappa shape index (κ2) is 5.31. The van der Waals surface area contributed by atoms with E-state index in [1.165, 1.54) is 32.1 Å². The number of likely N-dealkylation sites (tertiary alicyclic amines) is 1. The number of hydrogen-bond acceptors (Lipinski definition) is 4. The third kappa shape index (κ3) is 2.15. The van der Waals surface area contributed by atoms with Crippen LogP contribution in [0.25, 0.3) is 15.3 Å². The molecule has 23 heavy (non-hydrogen) atoms. The highest BCUT2D eigenvalue weighted by atomic mass is 32.1.